The second-order valence-corrected chi connectivity index (χ2v) is 5.61. The van der Waals surface area contributed by atoms with Crippen LogP contribution in [0.2, 0.25) is 0 Å². The van der Waals surface area contributed by atoms with Gasteiger partial charge in [-0.1, -0.05) is 40.5 Å². The summed E-state index contributed by atoms with van der Waals surface area (Å²) in [7, 11) is 0. The minimum absolute atomic E-state index is 0.682. The fourth-order valence-corrected chi connectivity index (χ4v) is 2.77. The van der Waals surface area contributed by atoms with Crippen LogP contribution in [0.4, 0.5) is 0 Å². The van der Waals surface area contributed by atoms with E-state index in [0.29, 0.717) is 5.41 Å². The van der Waals surface area contributed by atoms with Crippen LogP contribution < -0.4 is 0 Å². The predicted octanol–water partition coefficient (Wildman–Crippen LogP) is 4.64. The molecule has 0 N–H and O–H groups in total. The van der Waals surface area contributed by atoms with Gasteiger partial charge in [-0.25, -0.2) is 0 Å². The quantitative estimate of drug-likeness (QED) is 0.596. The number of unbranched alkanes of at least 4 members (excludes halogenated alkanes) is 1. The van der Waals surface area contributed by atoms with Crippen LogP contribution in [-0.2, 0) is 0 Å². The second kappa shape index (κ2) is 4.48. The minimum Gasteiger partial charge on any atom is -0.0654 e. The van der Waals surface area contributed by atoms with Crippen molar-refractivity contribution in [2.45, 2.75) is 66.2 Å². The maximum atomic E-state index is 2.50. The molecular weight excluding hydrogens is 156 g/mol. The topological polar surface area (TPSA) is 0 Å². The number of rotatable bonds is 3. The van der Waals surface area contributed by atoms with Crippen molar-refractivity contribution in [1.82, 2.24) is 0 Å². The molecule has 1 aliphatic carbocycles. The van der Waals surface area contributed by atoms with E-state index in [1.807, 2.05) is 0 Å². The van der Waals surface area contributed by atoms with Gasteiger partial charge in [0.1, 0.15) is 0 Å². The van der Waals surface area contributed by atoms with Crippen molar-refractivity contribution in [3.8, 4) is 0 Å². The smallest absolute Gasteiger partial charge is 0.0323 e. The van der Waals surface area contributed by atoms with Gasteiger partial charge in [0.25, 0.3) is 0 Å². The lowest BCUT2D eigenvalue weighted by Gasteiger charge is -2.40. The monoisotopic (exact) mass is 182 g/mol. The molecule has 0 heteroatoms. The van der Waals surface area contributed by atoms with E-state index < -0.39 is 0 Å². The Morgan fingerprint density at radius 2 is 1.92 bits per heavy atom. The third kappa shape index (κ3) is 3.00. The predicted molar refractivity (Wildman–Crippen MR) is 59.8 cm³/mol. The van der Waals surface area contributed by atoms with E-state index in [-0.39, 0.29) is 0 Å². The highest BCUT2D eigenvalue weighted by molar-refractivity contribution is 4.84. The van der Waals surface area contributed by atoms with Crippen molar-refractivity contribution in [2.75, 3.05) is 0 Å². The molecular formula is C13H26. The summed E-state index contributed by atoms with van der Waals surface area (Å²) in [4.78, 5) is 0. The highest BCUT2D eigenvalue weighted by atomic mass is 14.4. The summed E-state index contributed by atoms with van der Waals surface area (Å²) in [6.45, 7) is 9.67. The van der Waals surface area contributed by atoms with E-state index in [1.54, 1.807) is 0 Å². The molecule has 0 aromatic heterocycles. The average Bonchev–Trinajstić information content (AvgIpc) is 2.09. The Hall–Kier alpha value is 0. The van der Waals surface area contributed by atoms with Crippen molar-refractivity contribution in [3.05, 3.63) is 0 Å². The van der Waals surface area contributed by atoms with E-state index >= 15 is 0 Å². The molecule has 1 aliphatic rings. The third-order valence-corrected chi connectivity index (χ3v) is 4.12. The summed E-state index contributed by atoms with van der Waals surface area (Å²) in [5, 5.41) is 0. The molecule has 0 spiro atoms. The lowest BCUT2D eigenvalue weighted by atomic mass is 9.65. The van der Waals surface area contributed by atoms with Gasteiger partial charge in [-0.3, -0.25) is 0 Å². The fourth-order valence-electron chi connectivity index (χ4n) is 2.77. The van der Waals surface area contributed by atoms with Crippen molar-refractivity contribution in [1.29, 1.82) is 0 Å². The van der Waals surface area contributed by atoms with Crippen molar-refractivity contribution in [2.24, 2.45) is 17.3 Å². The lowest BCUT2D eigenvalue weighted by Crippen LogP contribution is -2.29. The standard InChI is InChI=1S/C13H26/c1-5-6-8-13(4)9-7-11(2)12(3)10-13/h11-12H,5-10H2,1-4H3. The van der Waals surface area contributed by atoms with Crippen LogP contribution in [0.15, 0.2) is 0 Å². The third-order valence-electron chi connectivity index (χ3n) is 4.12. The molecule has 3 unspecified atom stereocenters. The molecule has 0 nitrogen and oxygen atoms in total. The molecule has 0 bridgehead atoms. The highest BCUT2D eigenvalue weighted by Gasteiger charge is 2.32. The molecule has 0 heterocycles. The summed E-state index contributed by atoms with van der Waals surface area (Å²) in [6.07, 6.45) is 8.64. The molecule has 1 rings (SSSR count). The Kier molecular flexibility index (Phi) is 3.82. The van der Waals surface area contributed by atoms with Crippen LogP contribution in [0.25, 0.3) is 0 Å². The van der Waals surface area contributed by atoms with Gasteiger partial charge in [0, 0.05) is 0 Å². The van der Waals surface area contributed by atoms with Gasteiger partial charge in [-0.05, 0) is 42.9 Å². The zero-order valence-electron chi connectivity index (χ0n) is 9.90. The molecule has 1 fully saturated rings. The summed E-state index contributed by atoms with van der Waals surface area (Å²) >= 11 is 0. The summed E-state index contributed by atoms with van der Waals surface area (Å²) < 4.78 is 0. The molecule has 78 valence electrons. The Bertz CT molecular complexity index is 146. The molecule has 1 saturated carbocycles. The molecule has 0 amide bonds. The molecule has 0 aromatic rings. The largest absolute Gasteiger partial charge is 0.0654 e. The lowest BCUT2D eigenvalue weighted by molar-refractivity contribution is 0.110. The molecule has 0 saturated heterocycles. The van der Waals surface area contributed by atoms with Gasteiger partial charge in [0.2, 0.25) is 0 Å². The SMILES string of the molecule is CCCCC1(C)CCC(C)C(C)C1. The highest BCUT2D eigenvalue weighted by Crippen LogP contribution is 2.44. The zero-order chi connectivity index (χ0) is 9.90. The minimum atomic E-state index is 0.682. The fraction of sp³-hybridized carbons (Fsp3) is 1.00. The first-order valence-electron chi connectivity index (χ1n) is 6.07. The Labute approximate surface area is 84.1 Å². The van der Waals surface area contributed by atoms with Gasteiger partial charge >= 0.3 is 0 Å². The van der Waals surface area contributed by atoms with E-state index in [1.165, 1.54) is 38.5 Å². The number of hydrogen-bond acceptors (Lipinski definition) is 0. The van der Waals surface area contributed by atoms with Crippen LogP contribution in [0.5, 0.6) is 0 Å². The van der Waals surface area contributed by atoms with Gasteiger partial charge in [0.15, 0.2) is 0 Å². The second-order valence-electron chi connectivity index (χ2n) is 5.61. The van der Waals surface area contributed by atoms with E-state index in [4.69, 9.17) is 0 Å². The molecule has 0 aromatic carbocycles. The summed E-state index contributed by atoms with van der Waals surface area (Å²) in [5.41, 5.74) is 0.682. The van der Waals surface area contributed by atoms with E-state index in [9.17, 15) is 0 Å². The normalized spacial score (nSPS) is 40.6. The maximum Gasteiger partial charge on any atom is -0.0323 e. The van der Waals surface area contributed by atoms with Gasteiger partial charge < -0.3 is 0 Å². The Morgan fingerprint density at radius 3 is 2.46 bits per heavy atom. The zero-order valence-corrected chi connectivity index (χ0v) is 9.90. The van der Waals surface area contributed by atoms with Gasteiger partial charge in [-0.2, -0.15) is 0 Å². The summed E-state index contributed by atoms with van der Waals surface area (Å²) in [5.74, 6) is 1.92. The van der Waals surface area contributed by atoms with Gasteiger partial charge in [0.05, 0.1) is 0 Å². The Balaban J connectivity index is 2.41. The van der Waals surface area contributed by atoms with Crippen LogP contribution in [0, 0.1) is 17.3 Å². The average molecular weight is 182 g/mol. The van der Waals surface area contributed by atoms with Crippen LogP contribution in [-0.4, -0.2) is 0 Å². The first-order valence-corrected chi connectivity index (χ1v) is 6.07. The van der Waals surface area contributed by atoms with Crippen LogP contribution in [0.3, 0.4) is 0 Å². The Morgan fingerprint density at radius 1 is 1.23 bits per heavy atom. The molecule has 3 atom stereocenters. The molecule has 0 aliphatic heterocycles. The van der Waals surface area contributed by atoms with Crippen molar-refractivity contribution in [3.63, 3.8) is 0 Å². The van der Waals surface area contributed by atoms with E-state index in [0.717, 1.165) is 11.8 Å². The van der Waals surface area contributed by atoms with Crippen molar-refractivity contribution >= 4 is 0 Å². The molecule has 0 radical (unpaired) electrons. The van der Waals surface area contributed by atoms with Crippen LogP contribution >= 0.6 is 0 Å². The van der Waals surface area contributed by atoms with Gasteiger partial charge in [-0.15, -0.1) is 0 Å². The van der Waals surface area contributed by atoms with Crippen molar-refractivity contribution < 1.29 is 0 Å². The summed E-state index contributed by atoms with van der Waals surface area (Å²) in [6, 6.07) is 0. The molecule has 13 heavy (non-hydrogen) atoms. The number of hydrogen-bond donors (Lipinski definition) is 0. The van der Waals surface area contributed by atoms with Crippen LogP contribution in [0.1, 0.15) is 66.2 Å². The first-order chi connectivity index (χ1) is 6.07. The van der Waals surface area contributed by atoms with E-state index in [2.05, 4.69) is 27.7 Å². The maximum absolute atomic E-state index is 2.50. The first kappa shape index (κ1) is 11.1.